The zero-order valence-corrected chi connectivity index (χ0v) is 35.4. The minimum absolute atomic E-state index is 0.00331. The molecule has 0 aliphatic carbocycles. The lowest BCUT2D eigenvalue weighted by Crippen LogP contribution is -2.63. The lowest BCUT2D eigenvalue weighted by Gasteiger charge is -2.56. The van der Waals surface area contributed by atoms with Crippen molar-refractivity contribution in [2.24, 2.45) is 11.5 Å². The number of aromatic nitrogens is 3. The molecule has 2 aliphatic heterocycles. The molecule has 52 heavy (non-hydrogen) atoms. The van der Waals surface area contributed by atoms with E-state index in [9.17, 15) is 0 Å². The molecule has 2 saturated heterocycles. The summed E-state index contributed by atoms with van der Waals surface area (Å²) in [6, 6.07) is 0.151. The van der Waals surface area contributed by atoms with Gasteiger partial charge in [-0.05, 0) is 140 Å². The van der Waals surface area contributed by atoms with Crippen molar-refractivity contribution >= 4 is 11.9 Å². The third kappa shape index (κ3) is 12.1. The van der Waals surface area contributed by atoms with Crippen LogP contribution in [0.5, 0.6) is 0 Å². The normalized spacial score (nSPS) is 21.3. The van der Waals surface area contributed by atoms with Crippen LogP contribution in [0.3, 0.4) is 0 Å². The average molecular weight is 734 g/mol. The molecule has 0 aromatic carbocycles. The zero-order chi connectivity index (χ0) is 38.7. The summed E-state index contributed by atoms with van der Waals surface area (Å²) in [7, 11) is 8.07. The van der Waals surface area contributed by atoms with Gasteiger partial charge in [0.1, 0.15) is 0 Å². The fraction of sp³-hybridized carbons (Fsp3) is 0.923. The van der Waals surface area contributed by atoms with Gasteiger partial charge in [-0.25, -0.2) is 0 Å². The summed E-state index contributed by atoms with van der Waals surface area (Å²) >= 11 is 0. The Balaban J connectivity index is 2.08. The van der Waals surface area contributed by atoms with Gasteiger partial charge >= 0.3 is 0 Å². The van der Waals surface area contributed by atoms with Gasteiger partial charge in [0.15, 0.2) is 5.82 Å². The number of likely N-dealkylation sites (tertiary alicyclic amines) is 2. The summed E-state index contributed by atoms with van der Waals surface area (Å²) in [5, 5.41) is 6.99. The molecule has 6 N–H and O–H groups in total. The first-order valence-corrected chi connectivity index (χ1v) is 20.0. The van der Waals surface area contributed by atoms with Crippen molar-refractivity contribution in [1.82, 2.24) is 35.4 Å². The molecule has 3 rings (SSSR count). The predicted octanol–water partition coefficient (Wildman–Crippen LogP) is 3.78. The third-order valence-corrected chi connectivity index (χ3v) is 12.1. The highest BCUT2D eigenvalue weighted by molar-refractivity contribution is 5.42. The number of anilines is 2. The topological polar surface area (TPSA) is 146 Å². The molecule has 3 heterocycles. The third-order valence-electron chi connectivity index (χ3n) is 12.1. The van der Waals surface area contributed by atoms with E-state index in [1.807, 2.05) is 0 Å². The van der Waals surface area contributed by atoms with Gasteiger partial charge < -0.3 is 41.4 Å². The van der Waals surface area contributed by atoms with Crippen LogP contribution in [-0.4, -0.2) is 146 Å². The maximum absolute atomic E-state index is 7.01. The molecule has 13 nitrogen and oxygen atoms in total. The second-order valence-electron chi connectivity index (χ2n) is 17.9. The van der Waals surface area contributed by atoms with Gasteiger partial charge in [-0.1, -0.05) is 0 Å². The van der Waals surface area contributed by atoms with Gasteiger partial charge in [0.25, 0.3) is 0 Å². The van der Waals surface area contributed by atoms with Gasteiger partial charge in [-0.15, -0.1) is 0 Å². The van der Waals surface area contributed by atoms with E-state index in [-0.39, 0.29) is 40.3 Å². The van der Waals surface area contributed by atoms with E-state index in [2.05, 4.69) is 99.7 Å². The molecule has 2 aliphatic rings. The predicted molar refractivity (Wildman–Crippen MR) is 216 cm³/mol. The first kappa shape index (κ1) is 44.7. The van der Waals surface area contributed by atoms with Crippen molar-refractivity contribution in [3.8, 4) is 0 Å². The number of ether oxygens (including phenoxy) is 2. The van der Waals surface area contributed by atoms with Crippen molar-refractivity contribution < 1.29 is 9.47 Å². The van der Waals surface area contributed by atoms with E-state index in [0.29, 0.717) is 25.6 Å². The highest BCUT2D eigenvalue weighted by atomic mass is 16.5. The number of rotatable bonds is 22. The van der Waals surface area contributed by atoms with Gasteiger partial charge in [0, 0.05) is 87.9 Å². The Kier molecular flexibility index (Phi) is 17.0. The summed E-state index contributed by atoms with van der Waals surface area (Å²) in [6.45, 7) is 26.0. The van der Waals surface area contributed by atoms with Crippen LogP contribution in [0.4, 0.5) is 11.9 Å². The Hall–Kier alpha value is -1.71. The quantitative estimate of drug-likeness (QED) is 0.128. The Morgan fingerprint density at radius 3 is 1.46 bits per heavy atom. The lowest BCUT2D eigenvalue weighted by atomic mass is 9.77. The Bertz CT molecular complexity index is 1090. The van der Waals surface area contributed by atoms with E-state index >= 15 is 0 Å². The number of hydrogen-bond acceptors (Lipinski definition) is 13. The van der Waals surface area contributed by atoms with E-state index in [1.165, 1.54) is 0 Å². The van der Waals surface area contributed by atoms with Crippen molar-refractivity contribution in [1.29, 1.82) is 0 Å². The lowest BCUT2D eigenvalue weighted by molar-refractivity contribution is -0.0131. The van der Waals surface area contributed by atoms with Crippen LogP contribution < -0.4 is 31.9 Å². The largest absolute Gasteiger partial charge is 0.385 e. The summed E-state index contributed by atoms with van der Waals surface area (Å²) < 4.78 is 11.1. The van der Waals surface area contributed by atoms with E-state index in [1.54, 1.807) is 14.2 Å². The molecule has 2 fully saturated rings. The van der Waals surface area contributed by atoms with Crippen molar-refractivity contribution in [3.63, 3.8) is 0 Å². The van der Waals surface area contributed by atoms with E-state index in [4.69, 9.17) is 35.9 Å². The van der Waals surface area contributed by atoms with E-state index < -0.39 is 0 Å². The second kappa shape index (κ2) is 19.7. The summed E-state index contributed by atoms with van der Waals surface area (Å²) in [6.07, 6.45) is 7.47. The minimum Gasteiger partial charge on any atom is -0.385 e. The van der Waals surface area contributed by atoms with Crippen LogP contribution in [0.15, 0.2) is 0 Å². The Morgan fingerprint density at radius 2 is 1.08 bits per heavy atom. The molecule has 0 spiro atoms. The number of piperidine rings is 2. The number of hydrogen-bond donors (Lipinski definition) is 4. The molecule has 1 unspecified atom stereocenters. The van der Waals surface area contributed by atoms with Gasteiger partial charge in [-0.2, -0.15) is 15.0 Å². The molecular weight excluding hydrogens is 655 g/mol. The van der Waals surface area contributed by atoms with Crippen LogP contribution >= 0.6 is 0 Å². The van der Waals surface area contributed by atoms with Crippen LogP contribution in [0.1, 0.15) is 119 Å². The summed E-state index contributed by atoms with van der Waals surface area (Å²) in [4.78, 5) is 25.9. The summed E-state index contributed by atoms with van der Waals surface area (Å²) in [5.74, 6) is 2.12. The molecular formula is C39H79N11O2. The molecule has 1 atom stereocenters. The zero-order valence-electron chi connectivity index (χ0n) is 35.4. The minimum atomic E-state index is -0.337. The van der Waals surface area contributed by atoms with Crippen LogP contribution in [0.2, 0.25) is 0 Å². The smallest absolute Gasteiger partial charge is 0.230 e. The van der Waals surface area contributed by atoms with Crippen molar-refractivity contribution in [2.45, 2.75) is 147 Å². The SMILES string of the molecule is COCCCN(c1nc(C(N)CCNCCNCCCN)nc(N(CCCOC)C2CC(C)(C)N(C)C(C)(C)C2)n1)C1CC(C)(C)N(C)C(C)(C)C1. The Labute approximate surface area is 317 Å². The monoisotopic (exact) mass is 734 g/mol. The van der Waals surface area contributed by atoms with Crippen LogP contribution in [0, 0.1) is 0 Å². The standard InChI is InChI=1S/C39H79N11O2/c1-36(2)26-30(27-37(3,4)47(36)9)49(22-14-24-51-11)34-44-33(32(41)16-19-43-21-20-42-18-13-17-40)45-35(46-34)50(23-15-25-52-12)31-28-38(5,6)48(10)39(7,8)29-31/h30-32,42-43H,13-29,40-41H2,1-12H3. The molecule has 1 aromatic rings. The highest BCUT2D eigenvalue weighted by Crippen LogP contribution is 2.42. The van der Waals surface area contributed by atoms with E-state index in [0.717, 1.165) is 103 Å². The molecule has 0 radical (unpaired) electrons. The molecule has 0 bridgehead atoms. The van der Waals surface area contributed by atoms with Crippen LogP contribution in [-0.2, 0) is 9.47 Å². The number of nitrogens with one attached hydrogen (secondary N) is 2. The van der Waals surface area contributed by atoms with Crippen LogP contribution in [0.25, 0.3) is 0 Å². The maximum atomic E-state index is 7.01. The maximum Gasteiger partial charge on any atom is 0.230 e. The van der Waals surface area contributed by atoms with Gasteiger partial charge in [0.05, 0.1) is 6.04 Å². The van der Waals surface area contributed by atoms with Crippen molar-refractivity contribution in [3.05, 3.63) is 5.82 Å². The fourth-order valence-electron chi connectivity index (χ4n) is 8.56. The first-order valence-electron chi connectivity index (χ1n) is 20.0. The number of nitrogens with two attached hydrogens (primary N) is 2. The highest BCUT2D eigenvalue weighted by Gasteiger charge is 2.47. The van der Waals surface area contributed by atoms with Crippen molar-refractivity contribution in [2.75, 3.05) is 97.1 Å². The number of methoxy groups -OCH3 is 2. The van der Waals surface area contributed by atoms with Gasteiger partial charge in [0.2, 0.25) is 11.9 Å². The Morgan fingerprint density at radius 1 is 0.673 bits per heavy atom. The molecule has 13 heteroatoms. The molecule has 0 saturated carbocycles. The van der Waals surface area contributed by atoms with Gasteiger partial charge in [-0.3, -0.25) is 9.80 Å². The summed E-state index contributed by atoms with van der Waals surface area (Å²) in [5.41, 5.74) is 12.7. The molecule has 0 amide bonds. The molecule has 1 aromatic heterocycles. The first-order chi connectivity index (χ1) is 24.4. The second-order valence-corrected chi connectivity index (χ2v) is 17.9. The fourth-order valence-corrected chi connectivity index (χ4v) is 8.56. The number of nitrogens with zero attached hydrogens (tertiary/aromatic N) is 7. The average Bonchev–Trinajstić information content (AvgIpc) is 3.06. The molecule has 302 valence electrons.